The SMILES string of the molecule is O=C(Nc1ccccc1CN1CCOCC1)c1sc2cc(Cl)cc(Cl)c2c1Cl. The second kappa shape index (κ2) is 8.57. The molecule has 1 amide bonds. The predicted octanol–water partition coefficient (Wildman–Crippen LogP) is 5.95. The molecule has 1 N–H and O–H groups in total. The first-order valence-corrected chi connectivity index (χ1v) is 10.7. The number of nitrogens with one attached hydrogen (secondary N) is 1. The minimum atomic E-state index is -0.257. The zero-order chi connectivity index (χ0) is 19.7. The Morgan fingerprint density at radius 2 is 1.89 bits per heavy atom. The summed E-state index contributed by atoms with van der Waals surface area (Å²) in [5.74, 6) is -0.257. The van der Waals surface area contributed by atoms with E-state index < -0.39 is 0 Å². The molecule has 4 nitrogen and oxygen atoms in total. The molecule has 28 heavy (non-hydrogen) atoms. The molecule has 1 aliphatic rings. The normalized spacial score (nSPS) is 15.1. The largest absolute Gasteiger partial charge is 0.379 e. The highest BCUT2D eigenvalue weighted by Crippen LogP contribution is 2.41. The standard InChI is InChI=1S/C20H17Cl3N2O2S/c21-13-9-14(22)17-16(10-13)28-19(18(17)23)20(26)24-15-4-2-1-3-12(15)11-25-5-7-27-8-6-25/h1-4,9-10H,5-8,11H2,(H,24,26). The number of para-hydroxylation sites is 1. The van der Waals surface area contributed by atoms with E-state index in [0.29, 0.717) is 25.3 Å². The van der Waals surface area contributed by atoms with Gasteiger partial charge in [0.1, 0.15) is 4.88 Å². The Balaban J connectivity index is 1.60. The molecule has 0 unspecified atom stereocenters. The molecule has 3 aromatic rings. The van der Waals surface area contributed by atoms with Crippen LogP contribution in [0, 0.1) is 0 Å². The van der Waals surface area contributed by atoms with Crippen molar-refractivity contribution in [1.29, 1.82) is 0 Å². The fourth-order valence-corrected chi connectivity index (χ4v) is 5.49. The highest BCUT2D eigenvalue weighted by Gasteiger charge is 2.21. The fraction of sp³-hybridized carbons (Fsp3) is 0.250. The molecule has 4 rings (SSSR count). The molecule has 2 heterocycles. The first-order valence-electron chi connectivity index (χ1n) is 8.79. The number of ether oxygens (including phenoxy) is 1. The summed E-state index contributed by atoms with van der Waals surface area (Å²) in [5, 5.41) is 4.97. The van der Waals surface area contributed by atoms with Crippen LogP contribution in [-0.2, 0) is 11.3 Å². The molecule has 146 valence electrons. The van der Waals surface area contributed by atoms with Crippen LogP contribution in [0.15, 0.2) is 36.4 Å². The van der Waals surface area contributed by atoms with Crippen molar-refractivity contribution in [3.63, 3.8) is 0 Å². The van der Waals surface area contributed by atoms with Crippen molar-refractivity contribution >= 4 is 67.8 Å². The summed E-state index contributed by atoms with van der Waals surface area (Å²) >= 11 is 20.1. The summed E-state index contributed by atoms with van der Waals surface area (Å²) in [6.45, 7) is 3.97. The van der Waals surface area contributed by atoms with Crippen LogP contribution in [0.4, 0.5) is 5.69 Å². The maximum atomic E-state index is 13.0. The third kappa shape index (κ3) is 4.15. The number of morpholine rings is 1. The van der Waals surface area contributed by atoms with Gasteiger partial charge in [0.25, 0.3) is 5.91 Å². The third-order valence-electron chi connectivity index (χ3n) is 4.62. The summed E-state index contributed by atoms with van der Waals surface area (Å²) < 4.78 is 6.19. The Bertz CT molecular complexity index is 1030. The maximum absolute atomic E-state index is 13.0. The number of halogens is 3. The van der Waals surface area contributed by atoms with Gasteiger partial charge in [-0.1, -0.05) is 53.0 Å². The van der Waals surface area contributed by atoms with Gasteiger partial charge in [-0.15, -0.1) is 11.3 Å². The summed E-state index contributed by atoms with van der Waals surface area (Å²) in [6, 6.07) is 11.2. The first-order chi connectivity index (χ1) is 13.5. The zero-order valence-corrected chi connectivity index (χ0v) is 17.9. The first kappa shape index (κ1) is 20.0. The van der Waals surface area contributed by atoms with E-state index in [1.807, 2.05) is 24.3 Å². The van der Waals surface area contributed by atoms with Crippen molar-refractivity contribution in [3.8, 4) is 0 Å². The van der Waals surface area contributed by atoms with Crippen LogP contribution in [0.3, 0.4) is 0 Å². The number of benzene rings is 2. The lowest BCUT2D eigenvalue weighted by Gasteiger charge is -2.27. The second-order valence-electron chi connectivity index (χ2n) is 6.51. The van der Waals surface area contributed by atoms with Crippen LogP contribution < -0.4 is 5.32 Å². The average Bonchev–Trinajstić information content (AvgIpc) is 3.01. The number of hydrogen-bond acceptors (Lipinski definition) is 4. The van der Waals surface area contributed by atoms with E-state index in [0.717, 1.165) is 48.8 Å². The highest BCUT2D eigenvalue weighted by molar-refractivity contribution is 7.21. The van der Waals surface area contributed by atoms with E-state index in [-0.39, 0.29) is 5.91 Å². The molecular formula is C20H17Cl3N2O2S. The highest BCUT2D eigenvalue weighted by atomic mass is 35.5. The smallest absolute Gasteiger partial charge is 0.267 e. The number of thiophene rings is 1. The van der Waals surface area contributed by atoms with Crippen molar-refractivity contribution in [2.75, 3.05) is 31.6 Å². The van der Waals surface area contributed by atoms with Gasteiger partial charge in [-0.25, -0.2) is 0 Å². The Morgan fingerprint density at radius 3 is 2.68 bits per heavy atom. The van der Waals surface area contributed by atoms with Crippen molar-refractivity contribution < 1.29 is 9.53 Å². The summed E-state index contributed by atoms with van der Waals surface area (Å²) in [6.07, 6.45) is 0. The minimum absolute atomic E-state index is 0.257. The predicted molar refractivity (Wildman–Crippen MR) is 117 cm³/mol. The van der Waals surface area contributed by atoms with Gasteiger partial charge < -0.3 is 10.1 Å². The second-order valence-corrected chi connectivity index (χ2v) is 8.78. The van der Waals surface area contributed by atoms with E-state index in [1.165, 1.54) is 11.3 Å². The molecule has 0 atom stereocenters. The van der Waals surface area contributed by atoms with Gasteiger partial charge in [0, 0.05) is 40.4 Å². The summed E-state index contributed by atoms with van der Waals surface area (Å²) in [7, 11) is 0. The number of rotatable bonds is 4. The molecule has 1 aromatic heterocycles. The van der Waals surface area contributed by atoms with E-state index in [1.54, 1.807) is 12.1 Å². The van der Waals surface area contributed by atoms with Crippen LogP contribution in [0.5, 0.6) is 0 Å². The Hall–Kier alpha value is -1.34. The monoisotopic (exact) mass is 454 g/mol. The van der Waals surface area contributed by atoms with E-state index in [2.05, 4.69) is 10.2 Å². The van der Waals surface area contributed by atoms with Gasteiger partial charge in [0.15, 0.2) is 0 Å². The summed E-state index contributed by atoms with van der Waals surface area (Å²) in [5.41, 5.74) is 1.83. The number of fused-ring (bicyclic) bond motifs is 1. The number of hydrogen-bond donors (Lipinski definition) is 1. The van der Waals surface area contributed by atoms with E-state index in [4.69, 9.17) is 39.5 Å². The molecule has 0 saturated carbocycles. The van der Waals surface area contributed by atoms with Gasteiger partial charge in [0.2, 0.25) is 0 Å². The molecule has 0 aliphatic carbocycles. The number of carbonyl (C=O) groups excluding carboxylic acids is 1. The Labute approximate surface area is 181 Å². The third-order valence-corrected chi connectivity index (χ3v) is 6.76. The molecular weight excluding hydrogens is 439 g/mol. The zero-order valence-electron chi connectivity index (χ0n) is 14.8. The molecule has 0 bridgehead atoms. The quantitative estimate of drug-likeness (QED) is 0.529. The molecule has 8 heteroatoms. The van der Waals surface area contributed by atoms with Gasteiger partial charge in [-0.05, 0) is 23.8 Å². The van der Waals surface area contributed by atoms with Crippen molar-refractivity contribution in [3.05, 3.63) is 61.9 Å². The molecule has 1 fully saturated rings. The minimum Gasteiger partial charge on any atom is -0.379 e. The summed E-state index contributed by atoms with van der Waals surface area (Å²) in [4.78, 5) is 15.7. The van der Waals surface area contributed by atoms with Gasteiger partial charge in [-0.2, -0.15) is 0 Å². The topological polar surface area (TPSA) is 41.6 Å². The van der Waals surface area contributed by atoms with Crippen LogP contribution in [0.1, 0.15) is 15.2 Å². The molecule has 1 saturated heterocycles. The fourth-order valence-electron chi connectivity index (χ4n) is 3.22. The lowest BCUT2D eigenvalue weighted by Crippen LogP contribution is -2.35. The van der Waals surface area contributed by atoms with E-state index in [9.17, 15) is 4.79 Å². The molecule has 0 spiro atoms. The number of nitrogens with zero attached hydrogens (tertiary/aromatic N) is 1. The molecule has 0 radical (unpaired) electrons. The lowest BCUT2D eigenvalue weighted by molar-refractivity contribution is 0.0342. The van der Waals surface area contributed by atoms with Crippen LogP contribution in [0.25, 0.3) is 10.1 Å². The average molecular weight is 456 g/mol. The molecule has 1 aliphatic heterocycles. The van der Waals surface area contributed by atoms with Crippen molar-refractivity contribution in [2.45, 2.75) is 6.54 Å². The van der Waals surface area contributed by atoms with Gasteiger partial charge in [0.05, 0.1) is 23.3 Å². The Morgan fingerprint density at radius 1 is 1.14 bits per heavy atom. The van der Waals surface area contributed by atoms with E-state index >= 15 is 0 Å². The van der Waals surface area contributed by atoms with Crippen molar-refractivity contribution in [2.24, 2.45) is 0 Å². The van der Waals surface area contributed by atoms with Crippen LogP contribution >= 0.6 is 46.1 Å². The Kier molecular flexibility index (Phi) is 6.11. The lowest BCUT2D eigenvalue weighted by atomic mass is 10.1. The van der Waals surface area contributed by atoms with Gasteiger partial charge in [-0.3, -0.25) is 9.69 Å². The van der Waals surface area contributed by atoms with Crippen LogP contribution in [-0.4, -0.2) is 37.1 Å². The van der Waals surface area contributed by atoms with Gasteiger partial charge >= 0.3 is 0 Å². The molecule has 2 aromatic carbocycles. The number of carbonyl (C=O) groups is 1. The number of amides is 1. The maximum Gasteiger partial charge on any atom is 0.267 e. The van der Waals surface area contributed by atoms with Crippen molar-refractivity contribution in [1.82, 2.24) is 4.90 Å². The number of anilines is 1. The van der Waals surface area contributed by atoms with Crippen LogP contribution in [0.2, 0.25) is 15.1 Å².